The number of ether oxygens (including phenoxy) is 3. The predicted octanol–water partition coefficient (Wildman–Crippen LogP) is 7.29. The number of amides is 4. The number of carbonyl (C=O) groups is 3. The molecule has 0 unspecified atom stereocenters. The normalized spacial score (nSPS) is 14.0. The number of halogens is 1. The van der Waals surface area contributed by atoms with Crippen molar-refractivity contribution >= 4 is 45.5 Å². The Balaban J connectivity index is 1.32. The highest BCUT2D eigenvalue weighted by Gasteiger charge is 2.36. The van der Waals surface area contributed by atoms with E-state index >= 15 is 0 Å². The van der Waals surface area contributed by atoms with Gasteiger partial charge in [-0.15, -0.1) is 0 Å². The summed E-state index contributed by atoms with van der Waals surface area (Å²) in [5.41, 5.74) is 5.06. The molecule has 1 aliphatic rings. The smallest absolute Gasteiger partial charge is 0.335 e. The number of imide groups is 2. The average molecular weight is 656 g/mol. The first-order valence-electron chi connectivity index (χ1n) is 14.1. The molecule has 0 aliphatic carbocycles. The molecule has 1 aliphatic heterocycles. The van der Waals surface area contributed by atoms with Crippen LogP contribution in [0.5, 0.6) is 17.2 Å². The third-order valence-electron chi connectivity index (χ3n) is 7.06. The molecule has 0 aromatic heterocycles. The van der Waals surface area contributed by atoms with E-state index in [2.05, 4.69) is 47.2 Å². The van der Waals surface area contributed by atoms with Crippen LogP contribution < -0.4 is 24.4 Å². The minimum Gasteiger partial charge on any atom is -0.490 e. The molecule has 0 bridgehead atoms. The summed E-state index contributed by atoms with van der Waals surface area (Å²) in [6, 6.07) is 24.8. The van der Waals surface area contributed by atoms with Crippen molar-refractivity contribution in [2.75, 3.05) is 11.5 Å². The molecule has 44 heavy (non-hydrogen) atoms. The second-order valence-electron chi connectivity index (χ2n) is 10.2. The predicted molar refractivity (Wildman–Crippen MR) is 172 cm³/mol. The zero-order chi connectivity index (χ0) is 31.2. The van der Waals surface area contributed by atoms with Crippen molar-refractivity contribution in [2.45, 2.75) is 34.0 Å². The lowest BCUT2D eigenvalue weighted by Crippen LogP contribution is -2.54. The fourth-order valence-corrected chi connectivity index (χ4v) is 4.82. The lowest BCUT2D eigenvalue weighted by Gasteiger charge is -2.26. The van der Waals surface area contributed by atoms with E-state index in [0.29, 0.717) is 48.3 Å². The number of aryl methyl sites for hydroxylation is 2. The van der Waals surface area contributed by atoms with Gasteiger partial charge in [0.2, 0.25) is 0 Å². The van der Waals surface area contributed by atoms with Crippen LogP contribution in [0.4, 0.5) is 10.5 Å². The van der Waals surface area contributed by atoms with Gasteiger partial charge in [-0.2, -0.15) is 0 Å². The first-order valence-corrected chi connectivity index (χ1v) is 14.9. The monoisotopic (exact) mass is 654 g/mol. The van der Waals surface area contributed by atoms with E-state index in [0.717, 1.165) is 20.5 Å². The van der Waals surface area contributed by atoms with Crippen molar-refractivity contribution in [3.63, 3.8) is 0 Å². The fourth-order valence-electron chi connectivity index (χ4n) is 4.55. The molecule has 1 fully saturated rings. The first-order chi connectivity index (χ1) is 21.2. The van der Waals surface area contributed by atoms with E-state index in [1.165, 1.54) is 17.2 Å². The van der Waals surface area contributed by atoms with E-state index < -0.39 is 17.8 Å². The lowest BCUT2D eigenvalue weighted by molar-refractivity contribution is -0.122. The van der Waals surface area contributed by atoms with E-state index in [1.54, 1.807) is 42.5 Å². The third kappa shape index (κ3) is 7.18. The summed E-state index contributed by atoms with van der Waals surface area (Å²) < 4.78 is 18.7. The van der Waals surface area contributed by atoms with Crippen molar-refractivity contribution in [3.8, 4) is 17.2 Å². The van der Waals surface area contributed by atoms with E-state index in [1.807, 2.05) is 37.3 Å². The zero-order valence-electron chi connectivity index (χ0n) is 24.6. The van der Waals surface area contributed by atoms with Gasteiger partial charge in [0.25, 0.3) is 11.8 Å². The summed E-state index contributed by atoms with van der Waals surface area (Å²) >= 11 is 3.41. The average Bonchev–Trinajstić information content (AvgIpc) is 3.01. The number of carbonyl (C=O) groups excluding carboxylic acids is 3. The summed E-state index contributed by atoms with van der Waals surface area (Å²) in [7, 11) is 0. The van der Waals surface area contributed by atoms with Gasteiger partial charge >= 0.3 is 6.03 Å². The summed E-state index contributed by atoms with van der Waals surface area (Å²) in [6.45, 7) is 7.08. The molecule has 0 atom stereocenters. The zero-order valence-corrected chi connectivity index (χ0v) is 26.1. The topological polar surface area (TPSA) is 94.2 Å². The van der Waals surface area contributed by atoms with E-state index in [9.17, 15) is 14.4 Å². The molecule has 5 rings (SSSR count). The molecular formula is C35H31BrN2O6. The minimum atomic E-state index is -0.828. The van der Waals surface area contributed by atoms with Crippen LogP contribution in [0.25, 0.3) is 6.08 Å². The Morgan fingerprint density at radius 1 is 0.750 bits per heavy atom. The molecule has 4 amide bonds. The number of rotatable bonds is 10. The fraction of sp³-hybridized carbons (Fsp3) is 0.171. The molecule has 0 saturated carbocycles. The SMILES string of the molecule is CCOc1cc(/C=C2\C(=O)NC(=O)N(c3ccc(OCc4ccc(Br)cc4)cc3)C2=O)ccc1OCc1ccc(C)c(C)c1. The van der Waals surface area contributed by atoms with Crippen molar-refractivity contribution in [1.82, 2.24) is 5.32 Å². The molecular weight excluding hydrogens is 624 g/mol. The first kappa shape index (κ1) is 30.6. The second kappa shape index (κ2) is 13.6. The molecule has 4 aromatic carbocycles. The third-order valence-corrected chi connectivity index (χ3v) is 7.59. The molecule has 0 radical (unpaired) electrons. The van der Waals surface area contributed by atoms with Crippen LogP contribution in [-0.2, 0) is 22.8 Å². The number of nitrogens with zero attached hydrogens (tertiary/aromatic N) is 1. The number of hydrogen-bond donors (Lipinski definition) is 1. The van der Waals surface area contributed by atoms with Gasteiger partial charge < -0.3 is 14.2 Å². The van der Waals surface area contributed by atoms with E-state index in [4.69, 9.17) is 14.2 Å². The van der Waals surface area contributed by atoms with Crippen LogP contribution in [0.3, 0.4) is 0 Å². The van der Waals surface area contributed by atoms with Gasteiger partial charge in [-0.3, -0.25) is 14.9 Å². The Labute approximate surface area is 264 Å². The van der Waals surface area contributed by atoms with Crippen molar-refractivity contribution in [1.29, 1.82) is 0 Å². The Morgan fingerprint density at radius 3 is 2.16 bits per heavy atom. The van der Waals surface area contributed by atoms with Crippen LogP contribution in [0.15, 0.2) is 95.0 Å². The van der Waals surface area contributed by atoms with Crippen molar-refractivity contribution < 1.29 is 28.6 Å². The van der Waals surface area contributed by atoms with Crippen LogP contribution in [0.2, 0.25) is 0 Å². The lowest BCUT2D eigenvalue weighted by atomic mass is 10.1. The van der Waals surface area contributed by atoms with Crippen molar-refractivity contribution in [2.24, 2.45) is 0 Å². The van der Waals surface area contributed by atoms with Crippen LogP contribution in [0.1, 0.15) is 34.7 Å². The highest BCUT2D eigenvalue weighted by atomic mass is 79.9. The molecule has 1 saturated heterocycles. The maximum atomic E-state index is 13.4. The summed E-state index contributed by atoms with van der Waals surface area (Å²) in [6.07, 6.45) is 1.43. The molecule has 1 heterocycles. The van der Waals surface area contributed by atoms with Crippen LogP contribution in [-0.4, -0.2) is 24.5 Å². The van der Waals surface area contributed by atoms with Gasteiger partial charge in [0.05, 0.1) is 12.3 Å². The highest BCUT2D eigenvalue weighted by Crippen LogP contribution is 2.31. The van der Waals surface area contributed by atoms with Gasteiger partial charge in [0, 0.05) is 4.47 Å². The summed E-state index contributed by atoms with van der Waals surface area (Å²) in [5, 5.41) is 2.26. The molecule has 0 spiro atoms. The maximum absolute atomic E-state index is 13.4. The number of anilines is 1. The van der Waals surface area contributed by atoms with Gasteiger partial charge in [0.1, 0.15) is 24.5 Å². The Bertz CT molecular complexity index is 1730. The second-order valence-corrected chi connectivity index (χ2v) is 11.1. The van der Waals surface area contributed by atoms with Crippen LogP contribution >= 0.6 is 15.9 Å². The minimum absolute atomic E-state index is 0.189. The quantitative estimate of drug-likeness (QED) is 0.143. The molecule has 1 N–H and O–H groups in total. The largest absolute Gasteiger partial charge is 0.490 e. The number of urea groups is 1. The van der Waals surface area contributed by atoms with Gasteiger partial charge in [0.15, 0.2) is 11.5 Å². The highest BCUT2D eigenvalue weighted by molar-refractivity contribution is 9.10. The standard InChI is InChI=1S/C35H31BrN2O6/c1-4-42-32-19-25(9-16-31(32)44-21-26-6-5-22(2)23(3)17-26)18-30-33(39)37-35(41)38(34(30)40)28-12-14-29(15-13-28)43-20-24-7-10-27(36)11-8-24/h5-19H,4,20-21H2,1-3H3,(H,37,39,41)/b30-18+. The van der Waals surface area contributed by atoms with Crippen LogP contribution in [0, 0.1) is 13.8 Å². The maximum Gasteiger partial charge on any atom is 0.335 e. The number of nitrogens with one attached hydrogen (secondary N) is 1. The Hall–Kier alpha value is -4.89. The van der Waals surface area contributed by atoms with Crippen molar-refractivity contribution in [3.05, 3.63) is 123 Å². The van der Waals surface area contributed by atoms with Gasteiger partial charge in [-0.1, -0.05) is 52.3 Å². The van der Waals surface area contributed by atoms with E-state index in [-0.39, 0.29) is 5.57 Å². The van der Waals surface area contributed by atoms with Gasteiger partial charge in [-0.25, -0.2) is 9.69 Å². The Morgan fingerprint density at radius 2 is 1.45 bits per heavy atom. The van der Waals surface area contributed by atoms with Gasteiger partial charge in [-0.05, 0) is 103 Å². The molecule has 4 aromatic rings. The summed E-state index contributed by atoms with van der Waals surface area (Å²) in [4.78, 5) is 39.9. The molecule has 9 heteroatoms. The molecule has 224 valence electrons. The molecule has 8 nitrogen and oxygen atoms in total. The Kier molecular flexibility index (Phi) is 9.45. The number of barbiturate groups is 1. The number of benzene rings is 4. The number of hydrogen-bond acceptors (Lipinski definition) is 6. The summed E-state index contributed by atoms with van der Waals surface area (Å²) in [5.74, 6) is 0.0533.